The molecule has 1 N–H and O–H groups in total. The van der Waals surface area contributed by atoms with Crippen LogP contribution in [-0.4, -0.2) is 11.8 Å². The predicted octanol–water partition coefficient (Wildman–Crippen LogP) is 2.73. The van der Waals surface area contributed by atoms with Crippen molar-refractivity contribution in [3.8, 4) is 0 Å². The molecule has 1 aromatic rings. The quantitative estimate of drug-likeness (QED) is 0.808. The number of carbonyl (C=O) groups is 1. The minimum atomic E-state index is -0.195. The monoisotopic (exact) mass is 197 g/mol. The molecule has 1 rings (SSSR count). The summed E-state index contributed by atoms with van der Waals surface area (Å²) in [5.41, 5.74) is 0.798. The van der Waals surface area contributed by atoms with Crippen molar-refractivity contribution in [2.24, 2.45) is 0 Å². The van der Waals surface area contributed by atoms with Crippen LogP contribution in [0.1, 0.15) is 13.8 Å². The molecule has 0 spiro atoms. The molecule has 2 nitrogen and oxygen atoms in total. The number of ketones is 1. The van der Waals surface area contributed by atoms with E-state index in [9.17, 15) is 4.79 Å². The summed E-state index contributed by atoms with van der Waals surface area (Å²) in [6.07, 6.45) is 0. The van der Waals surface area contributed by atoms with Crippen LogP contribution in [-0.2, 0) is 4.79 Å². The van der Waals surface area contributed by atoms with Gasteiger partial charge in [0.1, 0.15) is 0 Å². The molecule has 0 radical (unpaired) electrons. The van der Waals surface area contributed by atoms with Crippen molar-refractivity contribution in [3.63, 3.8) is 0 Å². The summed E-state index contributed by atoms with van der Waals surface area (Å²) in [5.74, 6) is 0.0971. The summed E-state index contributed by atoms with van der Waals surface area (Å²) in [6, 6.07) is 7.17. The smallest absolute Gasteiger partial charge is 0.151 e. The number of halogens is 1. The van der Waals surface area contributed by atoms with Crippen LogP contribution in [0.5, 0.6) is 0 Å². The average Bonchev–Trinajstić information content (AvgIpc) is 2.08. The summed E-state index contributed by atoms with van der Waals surface area (Å²) in [5, 5.41) is 3.66. The number of rotatable bonds is 3. The zero-order chi connectivity index (χ0) is 9.84. The molecule has 3 heteroatoms. The molecular weight excluding hydrogens is 186 g/mol. The molecular formula is C10H12ClNO. The molecule has 0 aliphatic heterocycles. The molecule has 0 amide bonds. The Balaban J connectivity index is 2.74. The van der Waals surface area contributed by atoms with Gasteiger partial charge in [-0.05, 0) is 26.0 Å². The van der Waals surface area contributed by atoms with Crippen LogP contribution in [0.3, 0.4) is 0 Å². The van der Waals surface area contributed by atoms with Crippen molar-refractivity contribution < 1.29 is 4.79 Å². The maximum atomic E-state index is 11.0. The highest BCUT2D eigenvalue weighted by molar-refractivity contribution is 6.33. The lowest BCUT2D eigenvalue weighted by Crippen LogP contribution is -2.23. The minimum Gasteiger partial charge on any atom is -0.374 e. The lowest BCUT2D eigenvalue weighted by atomic mass is 10.2. The summed E-state index contributed by atoms with van der Waals surface area (Å²) in [4.78, 5) is 11.0. The number of hydrogen-bond donors (Lipinski definition) is 1. The second-order valence-electron chi connectivity index (χ2n) is 2.96. The van der Waals surface area contributed by atoms with Gasteiger partial charge in [0, 0.05) is 0 Å². The van der Waals surface area contributed by atoms with Crippen LogP contribution in [0.15, 0.2) is 24.3 Å². The number of para-hydroxylation sites is 1. The first-order valence-electron chi connectivity index (χ1n) is 4.13. The number of nitrogens with one attached hydrogen (secondary N) is 1. The van der Waals surface area contributed by atoms with Gasteiger partial charge in [0.05, 0.1) is 16.8 Å². The van der Waals surface area contributed by atoms with E-state index in [4.69, 9.17) is 11.6 Å². The van der Waals surface area contributed by atoms with Crippen LogP contribution < -0.4 is 5.32 Å². The lowest BCUT2D eigenvalue weighted by Gasteiger charge is -2.12. The van der Waals surface area contributed by atoms with E-state index in [-0.39, 0.29) is 11.8 Å². The number of anilines is 1. The molecule has 0 heterocycles. The Morgan fingerprint density at radius 1 is 1.46 bits per heavy atom. The standard InChI is InChI=1S/C10H12ClNO/c1-7(8(2)13)12-10-6-4-3-5-9(10)11/h3-7,12H,1-2H3. The van der Waals surface area contributed by atoms with Crippen molar-refractivity contribution in [1.29, 1.82) is 0 Å². The third-order valence-corrected chi connectivity index (χ3v) is 2.19. The van der Waals surface area contributed by atoms with E-state index in [1.807, 2.05) is 25.1 Å². The van der Waals surface area contributed by atoms with Crippen LogP contribution in [0, 0.1) is 0 Å². The van der Waals surface area contributed by atoms with Gasteiger partial charge < -0.3 is 5.32 Å². The molecule has 0 aliphatic carbocycles. The molecule has 13 heavy (non-hydrogen) atoms. The third kappa shape index (κ3) is 2.74. The van der Waals surface area contributed by atoms with Crippen LogP contribution in [0.25, 0.3) is 0 Å². The Labute approximate surface area is 82.9 Å². The molecule has 1 aromatic carbocycles. The fourth-order valence-electron chi connectivity index (χ4n) is 0.913. The Morgan fingerprint density at radius 2 is 2.08 bits per heavy atom. The zero-order valence-corrected chi connectivity index (χ0v) is 8.43. The van der Waals surface area contributed by atoms with Crippen molar-refractivity contribution in [1.82, 2.24) is 0 Å². The van der Waals surface area contributed by atoms with Crippen molar-refractivity contribution in [3.05, 3.63) is 29.3 Å². The van der Waals surface area contributed by atoms with E-state index < -0.39 is 0 Å². The molecule has 0 aromatic heterocycles. The largest absolute Gasteiger partial charge is 0.374 e. The number of carbonyl (C=O) groups excluding carboxylic acids is 1. The molecule has 0 bridgehead atoms. The van der Waals surface area contributed by atoms with Gasteiger partial charge in [0.25, 0.3) is 0 Å². The van der Waals surface area contributed by atoms with Gasteiger partial charge in [0.15, 0.2) is 5.78 Å². The normalized spacial score (nSPS) is 12.2. The molecule has 0 aliphatic rings. The van der Waals surface area contributed by atoms with Gasteiger partial charge in [-0.15, -0.1) is 0 Å². The summed E-state index contributed by atoms with van der Waals surface area (Å²) < 4.78 is 0. The molecule has 1 unspecified atom stereocenters. The lowest BCUT2D eigenvalue weighted by molar-refractivity contribution is -0.117. The van der Waals surface area contributed by atoms with Crippen LogP contribution in [0.4, 0.5) is 5.69 Å². The summed E-state index contributed by atoms with van der Waals surface area (Å²) >= 11 is 5.90. The SMILES string of the molecule is CC(=O)C(C)Nc1ccccc1Cl. The van der Waals surface area contributed by atoms with E-state index in [0.29, 0.717) is 5.02 Å². The zero-order valence-electron chi connectivity index (χ0n) is 7.67. The van der Waals surface area contributed by atoms with Crippen LogP contribution in [0.2, 0.25) is 5.02 Å². The Morgan fingerprint density at radius 3 is 2.62 bits per heavy atom. The maximum absolute atomic E-state index is 11.0. The average molecular weight is 198 g/mol. The van der Waals surface area contributed by atoms with Gasteiger partial charge >= 0.3 is 0 Å². The second kappa shape index (κ2) is 4.28. The molecule has 0 saturated heterocycles. The summed E-state index contributed by atoms with van der Waals surface area (Å²) in [6.45, 7) is 3.36. The number of hydrogen-bond acceptors (Lipinski definition) is 2. The van der Waals surface area contributed by atoms with Gasteiger partial charge in [-0.1, -0.05) is 23.7 Å². The van der Waals surface area contributed by atoms with E-state index >= 15 is 0 Å². The van der Waals surface area contributed by atoms with Crippen LogP contribution >= 0.6 is 11.6 Å². The van der Waals surface area contributed by atoms with Crippen molar-refractivity contribution in [2.75, 3.05) is 5.32 Å². The first-order chi connectivity index (χ1) is 6.11. The number of Topliss-reactive ketones (excluding diaryl/α,β-unsaturated/α-hetero) is 1. The fourth-order valence-corrected chi connectivity index (χ4v) is 1.10. The second-order valence-corrected chi connectivity index (χ2v) is 3.36. The first-order valence-corrected chi connectivity index (χ1v) is 4.50. The molecule has 70 valence electrons. The predicted molar refractivity (Wildman–Crippen MR) is 55.2 cm³/mol. The topological polar surface area (TPSA) is 29.1 Å². The highest BCUT2D eigenvalue weighted by Gasteiger charge is 2.07. The molecule has 1 atom stereocenters. The highest BCUT2D eigenvalue weighted by Crippen LogP contribution is 2.21. The van der Waals surface area contributed by atoms with Crippen molar-refractivity contribution >= 4 is 23.1 Å². The fraction of sp³-hybridized carbons (Fsp3) is 0.300. The minimum absolute atomic E-state index is 0.0971. The Kier molecular flexibility index (Phi) is 3.32. The maximum Gasteiger partial charge on any atom is 0.151 e. The van der Waals surface area contributed by atoms with E-state index in [1.165, 1.54) is 0 Å². The van der Waals surface area contributed by atoms with Gasteiger partial charge in [-0.2, -0.15) is 0 Å². The van der Waals surface area contributed by atoms with E-state index in [2.05, 4.69) is 5.32 Å². The Hall–Kier alpha value is -1.02. The van der Waals surface area contributed by atoms with E-state index in [0.717, 1.165) is 5.69 Å². The van der Waals surface area contributed by atoms with E-state index in [1.54, 1.807) is 13.0 Å². The molecule has 0 fully saturated rings. The summed E-state index contributed by atoms with van der Waals surface area (Å²) in [7, 11) is 0. The number of benzene rings is 1. The third-order valence-electron chi connectivity index (χ3n) is 1.86. The first kappa shape index (κ1) is 10.1. The Bertz CT molecular complexity index is 312. The highest BCUT2D eigenvalue weighted by atomic mass is 35.5. The van der Waals surface area contributed by atoms with Gasteiger partial charge in [-0.25, -0.2) is 0 Å². The molecule has 0 saturated carbocycles. The van der Waals surface area contributed by atoms with Crippen molar-refractivity contribution in [2.45, 2.75) is 19.9 Å². The van der Waals surface area contributed by atoms with Gasteiger partial charge in [-0.3, -0.25) is 4.79 Å². The van der Waals surface area contributed by atoms with Gasteiger partial charge in [0.2, 0.25) is 0 Å².